The Morgan fingerprint density at radius 2 is 2.00 bits per heavy atom. The van der Waals surface area contributed by atoms with Crippen molar-refractivity contribution in [2.45, 2.75) is 44.6 Å². The van der Waals surface area contributed by atoms with Crippen molar-refractivity contribution in [3.05, 3.63) is 29.8 Å². The number of hydrogen-bond donors (Lipinski definition) is 1. The molecule has 1 unspecified atom stereocenters. The molecule has 1 saturated carbocycles. The second-order valence-corrected chi connectivity index (χ2v) is 5.69. The molecule has 1 atom stereocenters. The maximum Gasteiger partial charge on any atom is 0.328 e. The number of anilines is 1. The quantitative estimate of drug-likeness (QED) is 0.847. The lowest BCUT2D eigenvalue weighted by molar-refractivity contribution is -0.146. The van der Waals surface area contributed by atoms with E-state index >= 15 is 0 Å². The van der Waals surface area contributed by atoms with Crippen LogP contribution in [0.4, 0.5) is 5.69 Å². The zero-order chi connectivity index (χ0) is 13.1. The van der Waals surface area contributed by atoms with Crippen molar-refractivity contribution in [2.75, 3.05) is 11.9 Å². The molecule has 1 N–H and O–H groups in total. The Morgan fingerprint density at radius 3 is 2.79 bits per heavy atom. The molecule has 3 heteroatoms. The van der Waals surface area contributed by atoms with E-state index in [1.165, 1.54) is 37.7 Å². The molecule has 0 amide bonds. The van der Waals surface area contributed by atoms with Gasteiger partial charge in [-0.2, -0.15) is 0 Å². The Hall–Kier alpha value is -1.51. The summed E-state index contributed by atoms with van der Waals surface area (Å²) in [6.45, 7) is 0.605. The molecule has 1 aliphatic carbocycles. The molecule has 1 heterocycles. The van der Waals surface area contributed by atoms with Crippen molar-refractivity contribution in [3.8, 4) is 0 Å². The second-order valence-electron chi connectivity index (χ2n) is 5.69. The van der Waals surface area contributed by atoms with Gasteiger partial charge >= 0.3 is 5.97 Å². The molecule has 0 bridgehead atoms. The van der Waals surface area contributed by atoms with Crippen LogP contribution in [0.3, 0.4) is 0 Å². The number of carbonyl (C=O) groups excluding carboxylic acids is 1. The molecule has 0 spiro atoms. The number of fused-ring (bicyclic) bond motifs is 1. The third kappa shape index (κ3) is 2.91. The first-order valence-electron chi connectivity index (χ1n) is 7.34. The minimum absolute atomic E-state index is 0.0956. The minimum Gasteiger partial charge on any atom is -0.464 e. The van der Waals surface area contributed by atoms with Crippen LogP contribution in [0.2, 0.25) is 0 Å². The minimum atomic E-state index is -0.194. The summed E-state index contributed by atoms with van der Waals surface area (Å²) in [6.07, 6.45) is 7.09. The van der Waals surface area contributed by atoms with Gasteiger partial charge in [-0.3, -0.25) is 0 Å². The van der Waals surface area contributed by atoms with Gasteiger partial charge in [-0.05, 0) is 30.4 Å². The van der Waals surface area contributed by atoms with E-state index in [9.17, 15) is 4.79 Å². The van der Waals surface area contributed by atoms with Crippen LogP contribution in [0.15, 0.2) is 24.3 Å². The zero-order valence-corrected chi connectivity index (χ0v) is 11.2. The van der Waals surface area contributed by atoms with Gasteiger partial charge in [0, 0.05) is 12.1 Å². The summed E-state index contributed by atoms with van der Waals surface area (Å²) in [5.74, 6) is 0.489. The van der Waals surface area contributed by atoms with Crippen molar-refractivity contribution in [2.24, 2.45) is 5.92 Å². The molecule has 0 saturated heterocycles. The van der Waals surface area contributed by atoms with Crippen molar-refractivity contribution < 1.29 is 9.53 Å². The first kappa shape index (κ1) is 12.5. The highest BCUT2D eigenvalue weighted by molar-refractivity contribution is 5.82. The van der Waals surface area contributed by atoms with Crippen LogP contribution in [0.5, 0.6) is 0 Å². The van der Waals surface area contributed by atoms with Crippen LogP contribution in [-0.2, 0) is 16.0 Å². The van der Waals surface area contributed by atoms with Crippen LogP contribution < -0.4 is 5.32 Å². The summed E-state index contributed by atoms with van der Waals surface area (Å²) in [5.41, 5.74) is 2.28. The Kier molecular flexibility index (Phi) is 3.72. The van der Waals surface area contributed by atoms with E-state index in [2.05, 4.69) is 11.4 Å². The third-order valence-corrected chi connectivity index (χ3v) is 4.24. The number of carbonyl (C=O) groups is 1. The molecular formula is C16H21NO2. The monoisotopic (exact) mass is 259 g/mol. The average Bonchev–Trinajstić information content (AvgIpc) is 2.90. The number of ether oxygens (including phenoxy) is 1. The van der Waals surface area contributed by atoms with E-state index in [0.717, 1.165) is 12.1 Å². The molecule has 1 aromatic rings. The van der Waals surface area contributed by atoms with Gasteiger partial charge in [0.25, 0.3) is 0 Å². The van der Waals surface area contributed by atoms with E-state index in [1.54, 1.807) is 0 Å². The topological polar surface area (TPSA) is 38.3 Å². The summed E-state index contributed by atoms with van der Waals surface area (Å²) in [5, 5.41) is 3.25. The number of rotatable bonds is 3. The largest absolute Gasteiger partial charge is 0.464 e. The normalized spacial score (nSPS) is 22.6. The van der Waals surface area contributed by atoms with Crippen LogP contribution in [0.1, 0.15) is 37.7 Å². The predicted molar refractivity (Wildman–Crippen MR) is 75.1 cm³/mol. The summed E-state index contributed by atoms with van der Waals surface area (Å²) >= 11 is 0. The lowest BCUT2D eigenvalue weighted by Gasteiger charge is -2.22. The van der Waals surface area contributed by atoms with Crippen molar-refractivity contribution in [3.63, 3.8) is 0 Å². The van der Waals surface area contributed by atoms with E-state index in [4.69, 9.17) is 4.74 Å². The molecule has 19 heavy (non-hydrogen) atoms. The summed E-state index contributed by atoms with van der Waals surface area (Å²) in [4.78, 5) is 12.1. The number of nitrogens with one attached hydrogen (secondary N) is 1. The summed E-state index contributed by atoms with van der Waals surface area (Å²) in [7, 11) is 0. The molecule has 1 aliphatic heterocycles. The number of benzene rings is 1. The zero-order valence-electron chi connectivity index (χ0n) is 11.2. The Bertz CT molecular complexity index is 427. The highest BCUT2D eigenvalue weighted by Crippen LogP contribution is 2.27. The second kappa shape index (κ2) is 5.64. The number of para-hydroxylation sites is 1. The predicted octanol–water partition coefficient (Wildman–Crippen LogP) is 3.15. The van der Waals surface area contributed by atoms with Crippen molar-refractivity contribution in [1.82, 2.24) is 0 Å². The third-order valence-electron chi connectivity index (χ3n) is 4.24. The molecule has 102 valence electrons. The fourth-order valence-corrected chi connectivity index (χ4v) is 3.09. The summed E-state index contributed by atoms with van der Waals surface area (Å²) < 4.78 is 5.50. The Morgan fingerprint density at radius 1 is 1.21 bits per heavy atom. The number of esters is 1. The SMILES string of the molecule is O=C(OCC1CCCCC1)C1Cc2ccccc2N1. The molecule has 1 aromatic carbocycles. The van der Waals surface area contributed by atoms with Gasteiger partial charge in [0.05, 0.1) is 6.61 Å². The molecular weight excluding hydrogens is 238 g/mol. The number of hydrogen-bond acceptors (Lipinski definition) is 3. The molecule has 3 rings (SSSR count). The van der Waals surface area contributed by atoms with Crippen LogP contribution in [-0.4, -0.2) is 18.6 Å². The average molecular weight is 259 g/mol. The van der Waals surface area contributed by atoms with Gasteiger partial charge in [-0.25, -0.2) is 4.79 Å². The maximum absolute atomic E-state index is 12.1. The van der Waals surface area contributed by atoms with Crippen LogP contribution in [0, 0.1) is 5.92 Å². The smallest absolute Gasteiger partial charge is 0.328 e. The Balaban J connectivity index is 1.49. The maximum atomic E-state index is 12.1. The first-order valence-corrected chi connectivity index (χ1v) is 7.34. The Labute approximate surface area is 114 Å². The molecule has 1 fully saturated rings. The summed E-state index contributed by atoms with van der Waals surface area (Å²) in [6, 6.07) is 7.89. The highest BCUT2D eigenvalue weighted by Gasteiger charge is 2.28. The molecule has 0 radical (unpaired) electrons. The lowest BCUT2D eigenvalue weighted by atomic mass is 9.90. The van der Waals surface area contributed by atoms with E-state index < -0.39 is 0 Å². The van der Waals surface area contributed by atoms with Gasteiger partial charge < -0.3 is 10.1 Å². The fourth-order valence-electron chi connectivity index (χ4n) is 3.09. The van der Waals surface area contributed by atoms with Crippen molar-refractivity contribution >= 4 is 11.7 Å². The lowest BCUT2D eigenvalue weighted by Crippen LogP contribution is -2.30. The highest BCUT2D eigenvalue weighted by atomic mass is 16.5. The van der Waals surface area contributed by atoms with Crippen LogP contribution in [0.25, 0.3) is 0 Å². The van der Waals surface area contributed by atoms with Gasteiger partial charge in [-0.15, -0.1) is 0 Å². The van der Waals surface area contributed by atoms with Crippen molar-refractivity contribution in [1.29, 1.82) is 0 Å². The van der Waals surface area contributed by atoms with E-state index in [1.807, 2.05) is 18.2 Å². The van der Waals surface area contributed by atoms with Gasteiger partial charge in [0.15, 0.2) is 0 Å². The van der Waals surface area contributed by atoms with Gasteiger partial charge in [0.1, 0.15) is 6.04 Å². The molecule has 3 nitrogen and oxygen atoms in total. The molecule has 0 aromatic heterocycles. The molecule has 2 aliphatic rings. The van der Waals surface area contributed by atoms with Gasteiger partial charge in [0.2, 0.25) is 0 Å². The van der Waals surface area contributed by atoms with E-state index in [0.29, 0.717) is 12.5 Å². The van der Waals surface area contributed by atoms with E-state index in [-0.39, 0.29) is 12.0 Å². The van der Waals surface area contributed by atoms with Gasteiger partial charge in [-0.1, -0.05) is 37.5 Å². The van der Waals surface area contributed by atoms with Crippen LogP contribution >= 0.6 is 0 Å². The first-order chi connectivity index (χ1) is 9.33. The standard InChI is InChI=1S/C16H21NO2/c18-16(19-11-12-6-2-1-3-7-12)15-10-13-8-4-5-9-14(13)17-15/h4-5,8-9,12,15,17H,1-3,6-7,10-11H2. The fraction of sp³-hybridized carbons (Fsp3) is 0.562.